The van der Waals surface area contributed by atoms with Crippen molar-refractivity contribution >= 4 is 29.3 Å². The molecular weight excluding hydrogens is 346 g/mol. The van der Waals surface area contributed by atoms with E-state index in [1.54, 1.807) is 0 Å². The third kappa shape index (κ3) is 3.43. The molecule has 0 bridgehead atoms. The van der Waals surface area contributed by atoms with Crippen LogP contribution >= 0.6 is 11.8 Å². The van der Waals surface area contributed by atoms with Crippen LogP contribution in [0.15, 0.2) is 29.2 Å². The number of fused-ring (bicyclic) bond motifs is 1. The minimum atomic E-state index is 0.171. The van der Waals surface area contributed by atoms with E-state index in [2.05, 4.69) is 36.9 Å². The molecule has 0 unspecified atom stereocenters. The molecule has 1 saturated heterocycles. The van der Waals surface area contributed by atoms with Gasteiger partial charge in [0.2, 0.25) is 11.8 Å². The van der Waals surface area contributed by atoms with Gasteiger partial charge in [-0.15, -0.1) is 11.8 Å². The average Bonchev–Trinajstić information content (AvgIpc) is 3.50. The highest BCUT2D eigenvalue weighted by atomic mass is 32.2. The van der Waals surface area contributed by atoms with Gasteiger partial charge in [-0.3, -0.25) is 9.59 Å². The van der Waals surface area contributed by atoms with Crippen LogP contribution in [0.4, 0.5) is 5.69 Å². The molecule has 4 rings (SSSR count). The first-order valence-electron chi connectivity index (χ1n) is 9.63. The second kappa shape index (κ2) is 7.14. The Balaban J connectivity index is 1.39. The number of para-hydroxylation sites is 1. The number of anilines is 1. The Morgan fingerprint density at radius 2 is 1.69 bits per heavy atom. The molecule has 1 aromatic rings. The molecule has 0 N–H and O–H groups in total. The highest BCUT2D eigenvalue weighted by Crippen LogP contribution is 2.41. The molecule has 2 atom stereocenters. The van der Waals surface area contributed by atoms with Gasteiger partial charge >= 0.3 is 0 Å². The van der Waals surface area contributed by atoms with Crippen molar-refractivity contribution in [3.63, 3.8) is 0 Å². The lowest BCUT2D eigenvalue weighted by Gasteiger charge is -2.42. The van der Waals surface area contributed by atoms with Crippen LogP contribution in [0, 0.1) is 5.92 Å². The van der Waals surface area contributed by atoms with E-state index in [9.17, 15) is 9.59 Å². The van der Waals surface area contributed by atoms with Crippen molar-refractivity contribution in [2.45, 2.75) is 42.9 Å². The third-order valence-electron chi connectivity index (χ3n) is 5.83. The van der Waals surface area contributed by atoms with Crippen LogP contribution in [0.1, 0.15) is 26.7 Å². The summed E-state index contributed by atoms with van der Waals surface area (Å²) in [6.07, 6.45) is 2.08. The summed E-state index contributed by atoms with van der Waals surface area (Å²) in [5, 5.41) is 0.450. The van der Waals surface area contributed by atoms with Gasteiger partial charge in [0.1, 0.15) is 0 Å². The Morgan fingerprint density at radius 3 is 2.38 bits per heavy atom. The normalized spacial score (nSPS) is 25.8. The van der Waals surface area contributed by atoms with Gasteiger partial charge in [-0.2, -0.15) is 0 Å². The molecule has 2 aliphatic heterocycles. The molecule has 26 heavy (non-hydrogen) atoms. The van der Waals surface area contributed by atoms with Crippen molar-refractivity contribution in [3.05, 3.63) is 24.3 Å². The first-order valence-corrected chi connectivity index (χ1v) is 10.5. The van der Waals surface area contributed by atoms with Gasteiger partial charge in [-0.1, -0.05) is 19.1 Å². The summed E-state index contributed by atoms with van der Waals surface area (Å²) in [5.74, 6) is 0.729. The van der Waals surface area contributed by atoms with Crippen molar-refractivity contribution in [1.82, 2.24) is 9.80 Å². The van der Waals surface area contributed by atoms with Gasteiger partial charge in [-0.05, 0) is 31.9 Å². The van der Waals surface area contributed by atoms with Gasteiger partial charge < -0.3 is 14.7 Å². The van der Waals surface area contributed by atoms with Crippen LogP contribution in [0.5, 0.6) is 0 Å². The summed E-state index contributed by atoms with van der Waals surface area (Å²) in [6, 6.07) is 8.68. The predicted octanol–water partition coefficient (Wildman–Crippen LogP) is 2.46. The molecule has 140 valence electrons. The SMILES string of the molecule is C[C@@H]1Sc2ccccc2N(CC(=O)N2CCN(C(=O)C3CC3)CC2)[C@H]1C. The highest BCUT2D eigenvalue weighted by molar-refractivity contribution is 8.00. The minimum Gasteiger partial charge on any atom is -0.357 e. The van der Waals surface area contributed by atoms with Gasteiger partial charge in [0.05, 0.1) is 12.2 Å². The number of piperazine rings is 1. The Bertz CT molecular complexity index is 698. The quantitative estimate of drug-likeness (QED) is 0.816. The molecule has 0 spiro atoms. The average molecular weight is 374 g/mol. The molecular formula is C20H27N3O2S. The lowest BCUT2D eigenvalue weighted by Crippen LogP contribution is -2.54. The van der Waals surface area contributed by atoms with Crippen LogP contribution < -0.4 is 4.90 Å². The Labute approximate surface area is 159 Å². The second-order valence-corrected chi connectivity index (χ2v) is 9.06. The monoisotopic (exact) mass is 373 g/mol. The number of rotatable bonds is 3. The zero-order valence-corrected chi connectivity index (χ0v) is 16.4. The van der Waals surface area contributed by atoms with E-state index in [0.29, 0.717) is 49.9 Å². The van der Waals surface area contributed by atoms with E-state index >= 15 is 0 Å². The first kappa shape index (κ1) is 17.7. The van der Waals surface area contributed by atoms with Gasteiger partial charge in [0, 0.05) is 48.3 Å². The third-order valence-corrected chi connectivity index (χ3v) is 7.20. The first-order chi connectivity index (χ1) is 12.5. The lowest BCUT2D eigenvalue weighted by molar-refractivity contribution is -0.139. The molecule has 0 radical (unpaired) electrons. The zero-order chi connectivity index (χ0) is 18.3. The number of carbonyl (C=O) groups is 2. The fraction of sp³-hybridized carbons (Fsp3) is 0.600. The molecule has 5 nitrogen and oxygen atoms in total. The lowest BCUT2D eigenvalue weighted by atomic mass is 10.1. The standard InChI is InChI=1S/C20H27N3O2S/c1-14-15(2)26-18-6-4-3-5-17(18)23(14)13-19(24)21-9-11-22(12-10-21)20(25)16-7-8-16/h3-6,14-16H,7-13H2,1-2H3/t14-,15-/m0/s1. The fourth-order valence-electron chi connectivity index (χ4n) is 3.81. The summed E-state index contributed by atoms with van der Waals surface area (Å²) in [7, 11) is 0. The van der Waals surface area contributed by atoms with Crippen LogP contribution in [0.25, 0.3) is 0 Å². The summed E-state index contributed by atoms with van der Waals surface area (Å²) in [4.78, 5) is 32.5. The molecule has 6 heteroatoms. The summed E-state index contributed by atoms with van der Waals surface area (Å²) >= 11 is 1.89. The molecule has 2 fully saturated rings. The maximum absolute atomic E-state index is 12.9. The molecule has 2 heterocycles. The van der Waals surface area contributed by atoms with Crippen molar-refractivity contribution in [2.24, 2.45) is 5.92 Å². The molecule has 0 aromatic heterocycles. The van der Waals surface area contributed by atoms with E-state index in [4.69, 9.17) is 0 Å². The van der Waals surface area contributed by atoms with E-state index in [-0.39, 0.29) is 11.8 Å². The topological polar surface area (TPSA) is 43.9 Å². The molecule has 2 amide bonds. The smallest absolute Gasteiger partial charge is 0.242 e. The van der Waals surface area contributed by atoms with Crippen LogP contribution in [0.2, 0.25) is 0 Å². The van der Waals surface area contributed by atoms with Gasteiger partial charge in [0.15, 0.2) is 0 Å². The largest absolute Gasteiger partial charge is 0.357 e. The van der Waals surface area contributed by atoms with Crippen LogP contribution in [-0.2, 0) is 9.59 Å². The van der Waals surface area contributed by atoms with E-state index in [1.165, 1.54) is 10.6 Å². The zero-order valence-electron chi connectivity index (χ0n) is 15.6. The van der Waals surface area contributed by atoms with Crippen molar-refractivity contribution in [2.75, 3.05) is 37.6 Å². The fourth-order valence-corrected chi connectivity index (χ4v) is 5.01. The maximum Gasteiger partial charge on any atom is 0.242 e. The van der Waals surface area contributed by atoms with E-state index < -0.39 is 0 Å². The Hall–Kier alpha value is -1.69. The van der Waals surface area contributed by atoms with E-state index in [0.717, 1.165) is 12.8 Å². The number of nitrogens with zero attached hydrogens (tertiary/aromatic N) is 3. The van der Waals surface area contributed by atoms with Crippen molar-refractivity contribution in [1.29, 1.82) is 0 Å². The van der Waals surface area contributed by atoms with Gasteiger partial charge in [-0.25, -0.2) is 0 Å². The second-order valence-electron chi connectivity index (χ2n) is 7.64. The molecule has 1 aromatic carbocycles. The van der Waals surface area contributed by atoms with Crippen LogP contribution in [0.3, 0.4) is 0 Å². The van der Waals surface area contributed by atoms with E-state index in [1.807, 2.05) is 27.6 Å². The molecule has 1 saturated carbocycles. The molecule has 3 aliphatic rings. The molecule has 1 aliphatic carbocycles. The highest BCUT2D eigenvalue weighted by Gasteiger charge is 2.36. The summed E-state index contributed by atoms with van der Waals surface area (Å²) < 4.78 is 0. The number of hydrogen-bond donors (Lipinski definition) is 0. The number of carbonyl (C=O) groups excluding carboxylic acids is 2. The predicted molar refractivity (Wildman–Crippen MR) is 104 cm³/mol. The number of benzene rings is 1. The Kier molecular flexibility index (Phi) is 4.86. The number of thioether (sulfide) groups is 1. The van der Waals surface area contributed by atoms with Crippen LogP contribution in [-0.4, -0.2) is 65.6 Å². The minimum absolute atomic E-state index is 0.171. The van der Waals surface area contributed by atoms with Crippen molar-refractivity contribution < 1.29 is 9.59 Å². The number of hydrogen-bond acceptors (Lipinski definition) is 4. The number of amides is 2. The summed E-state index contributed by atoms with van der Waals surface area (Å²) in [6.45, 7) is 7.52. The van der Waals surface area contributed by atoms with Crippen molar-refractivity contribution in [3.8, 4) is 0 Å². The Morgan fingerprint density at radius 1 is 1.04 bits per heavy atom. The maximum atomic E-state index is 12.9. The van der Waals surface area contributed by atoms with Gasteiger partial charge in [0.25, 0.3) is 0 Å². The summed E-state index contributed by atoms with van der Waals surface area (Å²) in [5.41, 5.74) is 1.17.